The van der Waals surface area contributed by atoms with Crippen molar-refractivity contribution >= 4 is 11.6 Å². The molecule has 1 aliphatic heterocycles. The number of nitrogens with one attached hydrogen (secondary N) is 1. The molecule has 1 fully saturated rings. The van der Waals surface area contributed by atoms with Crippen molar-refractivity contribution in [3.8, 4) is 16.9 Å². The average Bonchev–Trinajstić information content (AvgIpc) is 3.53. The minimum Gasteiger partial charge on any atom is -0.497 e. The fourth-order valence-electron chi connectivity index (χ4n) is 3.95. The van der Waals surface area contributed by atoms with Gasteiger partial charge in [0, 0.05) is 42.7 Å². The summed E-state index contributed by atoms with van der Waals surface area (Å²) in [6.45, 7) is 2.48. The Hall–Kier alpha value is -2.89. The Morgan fingerprint density at radius 1 is 1.24 bits per heavy atom. The Balaban J connectivity index is 1.91. The number of methoxy groups -OCH3 is 1. The summed E-state index contributed by atoms with van der Waals surface area (Å²) in [7, 11) is 3.41. The highest BCUT2D eigenvalue weighted by Gasteiger charge is 2.30. The van der Waals surface area contributed by atoms with Gasteiger partial charge in [0.2, 0.25) is 5.91 Å². The highest BCUT2D eigenvalue weighted by molar-refractivity contribution is 6.08. The Morgan fingerprint density at radius 3 is 2.72 bits per heavy atom. The Morgan fingerprint density at radius 2 is 2.03 bits per heavy atom. The van der Waals surface area contributed by atoms with Crippen molar-refractivity contribution in [1.82, 2.24) is 9.88 Å². The fraction of sp³-hybridized carbons (Fsp3) is 0.435. The van der Waals surface area contributed by atoms with Crippen LogP contribution in [0, 0.1) is 5.92 Å². The van der Waals surface area contributed by atoms with Crippen LogP contribution in [0.1, 0.15) is 49.8 Å². The summed E-state index contributed by atoms with van der Waals surface area (Å²) < 4.78 is 7.06. The van der Waals surface area contributed by atoms with E-state index in [0.717, 1.165) is 40.1 Å². The molecule has 6 heteroatoms. The second-order valence-corrected chi connectivity index (χ2v) is 7.90. The Kier molecular flexibility index (Phi) is 5.26. The van der Waals surface area contributed by atoms with Gasteiger partial charge in [0.25, 0.3) is 5.56 Å². The maximum Gasteiger partial charge on any atom is 0.250 e. The first kappa shape index (κ1) is 19.4. The maximum atomic E-state index is 12.4. The lowest BCUT2D eigenvalue weighted by Crippen LogP contribution is -2.25. The van der Waals surface area contributed by atoms with Crippen molar-refractivity contribution in [2.45, 2.75) is 38.6 Å². The molecule has 0 radical (unpaired) electrons. The van der Waals surface area contributed by atoms with E-state index in [0.29, 0.717) is 12.5 Å². The van der Waals surface area contributed by atoms with E-state index >= 15 is 0 Å². The number of pyridine rings is 1. The van der Waals surface area contributed by atoms with Crippen LogP contribution in [-0.2, 0) is 11.8 Å². The summed E-state index contributed by atoms with van der Waals surface area (Å²) >= 11 is 0. The number of rotatable bonds is 6. The quantitative estimate of drug-likeness (QED) is 0.819. The van der Waals surface area contributed by atoms with E-state index in [-0.39, 0.29) is 23.9 Å². The molecule has 6 nitrogen and oxygen atoms in total. The summed E-state index contributed by atoms with van der Waals surface area (Å²) in [6, 6.07) is 7.26. The molecule has 1 N–H and O–H groups in total. The van der Waals surface area contributed by atoms with Crippen LogP contribution in [0.5, 0.6) is 5.75 Å². The molecule has 0 unspecified atom stereocenters. The maximum absolute atomic E-state index is 12.4. The minimum absolute atomic E-state index is 0.0535. The SMILES string of the molecule is CCNC(=O)C[C@H]1N=C(CC2CC2)c2cc(OC)ccc2-c2cn(C)c(=O)cc21. The van der Waals surface area contributed by atoms with E-state index in [1.165, 1.54) is 12.8 Å². The second-order valence-electron chi connectivity index (χ2n) is 7.90. The number of aryl methyl sites for hydroxylation is 1. The normalized spacial score (nSPS) is 17.6. The van der Waals surface area contributed by atoms with Crippen LogP contribution in [0.3, 0.4) is 0 Å². The number of fused-ring (bicyclic) bond motifs is 3. The Labute approximate surface area is 170 Å². The number of amides is 1. The van der Waals surface area contributed by atoms with Gasteiger partial charge in [0.05, 0.1) is 19.6 Å². The van der Waals surface area contributed by atoms with Crippen molar-refractivity contribution in [2.24, 2.45) is 18.0 Å². The van der Waals surface area contributed by atoms with Crippen molar-refractivity contribution in [3.63, 3.8) is 0 Å². The molecular formula is C23H27N3O3. The van der Waals surface area contributed by atoms with E-state index < -0.39 is 0 Å². The number of nitrogens with zero attached hydrogens (tertiary/aromatic N) is 2. The first-order chi connectivity index (χ1) is 14.0. The highest BCUT2D eigenvalue weighted by atomic mass is 16.5. The largest absolute Gasteiger partial charge is 0.497 e. The van der Waals surface area contributed by atoms with E-state index in [1.54, 1.807) is 24.8 Å². The van der Waals surface area contributed by atoms with Crippen molar-refractivity contribution in [1.29, 1.82) is 0 Å². The first-order valence-electron chi connectivity index (χ1n) is 10.2. The standard InChI is InChI=1S/C23H27N3O3/c1-4-24-22(27)12-21-18-11-23(28)26(2)13-19(18)16-8-7-15(29-3)10-17(16)20(25-21)9-14-5-6-14/h7-8,10-11,13-14,21H,4-6,9,12H2,1-3H3,(H,24,27)/t21-/m1/s1. The number of aliphatic imine (C=N–C) groups is 1. The molecule has 0 spiro atoms. The van der Waals surface area contributed by atoms with Gasteiger partial charge >= 0.3 is 0 Å². The molecule has 4 rings (SSSR count). The zero-order valence-electron chi connectivity index (χ0n) is 17.2. The summed E-state index contributed by atoms with van der Waals surface area (Å²) in [4.78, 5) is 29.9. The third-order valence-electron chi connectivity index (χ3n) is 5.69. The lowest BCUT2D eigenvalue weighted by Gasteiger charge is -2.16. The molecule has 29 heavy (non-hydrogen) atoms. The lowest BCUT2D eigenvalue weighted by molar-refractivity contribution is -0.121. The van der Waals surface area contributed by atoms with Crippen LogP contribution >= 0.6 is 0 Å². The third-order valence-corrected chi connectivity index (χ3v) is 5.69. The monoisotopic (exact) mass is 393 g/mol. The average molecular weight is 393 g/mol. The van der Waals surface area contributed by atoms with Crippen LogP contribution in [0.15, 0.2) is 40.2 Å². The lowest BCUT2D eigenvalue weighted by atomic mass is 9.92. The zero-order valence-corrected chi connectivity index (χ0v) is 17.2. The number of benzene rings is 1. The van der Waals surface area contributed by atoms with Gasteiger partial charge in [-0.15, -0.1) is 0 Å². The highest BCUT2D eigenvalue weighted by Crippen LogP contribution is 2.41. The summed E-state index contributed by atoms with van der Waals surface area (Å²) in [5.41, 5.74) is 4.75. The molecule has 2 aromatic rings. The number of aromatic nitrogens is 1. The van der Waals surface area contributed by atoms with Gasteiger partial charge in [-0.2, -0.15) is 0 Å². The van der Waals surface area contributed by atoms with Crippen molar-refractivity contribution in [3.05, 3.63) is 51.9 Å². The summed E-state index contributed by atoms with van der Waals surface area (Å²) in [6.07, 6.45) is 5.41. The predicted molar refractivity (Wildman–Crippen MR) is 114 cm³/mol. The topological polar surface area (TPSA) is 72.7 Å². The molecule has 0 bridgehead atoms. The molecule has 1 aromatic carbocycles. The van der Waals surface area contributed by atoms with E-state index in [4.69, 9.17) is 9.73 Å². The fourth-order valence-corrected chi connectivity index (χ4v) is 3.95. The van der Waals surface area contributed by atoms with Crippen LogP contribution in [0.2, 0.25) is 0 Å². The van der Waals surface area contributed by atoms with Crippen LogP contribution in [-0.4, -0.2) is 29.8 Å². The zero-order chi connectivity index (χ0) is 20.5. The van der Waals surface area contributed by atoms with Gasteiger partial charge in [-0.1, -0.05) is 0 Å². The molecule has 1 amide bonds. The molecule has 1 atom stereocenters. The second kappa shape index (κ2) is 7.85. The Bertz CT molecular complexity index is 1030. The molecular weight excluding hydrogens is 366 g/mol. The number of carbonyl (C=O) groups excluding carboxylic acids is 1. The number of carbonyl (C=O) groups is 1. The number of ether oxygens (including phenoxy) is 1. The van der Waals surface area contributed by atoms with Gasteiger partial charge in [-0.25, -0.2) is 0 Å². The van der Waals surface area contributed by atoms with Crippen LogP contribution in [0.4, 0.5) is 0 Å². The molecule has 0 saturated heterocycles. The molecule has 1 saturated carbocycles. The third kappa shape index (κ3) is 3.97. The van der Waals surface area contributed by atoms with Gasteiger partial charge in [0.15, 0.2) is 0 Å². The first-order valence-corrected chi connectivity index (χ1v) is 10.2. The van der Waals surface area contributed by atoms with Crippen LogP contribution in [0.25, 0.3) is 11.1 Å². The predicted octanol–water partition coefficient (Wildman–Crippen LogP) is 3.23. The van der Waals surface area contributed by atoms with Gasteiger partial charge in [-0.05, 0) is 61.4 Å². The summed E-state index contributed by atoms with van der Waals surface area (Å²) in [5.74, 6) is 1.37. The van der Waals surface area contributed by atoms with E-state index in [1.807, 2.05) is 31.3 Å². The van der Waals surface area contributed by atoms with E-state index in [9.17, 15) is 9.59 Å². The van der Waals surface area contributed by atoms with Crippen molar-refractivity contribution in [2.75, 3.05) is 13.7 Å². The molecule has 1 aliphatic carbocycles. The van der Waals surface area contributed by atoms with Crippen molar-refractivity contribution < 1.29 is 9.53 Å². The van der Waals surface area contributed by atoms with Gasteiger partial charge in [-0.3, -0.25) is 14.6 Å². The summed E-state index contributed by atoms with van der Waals surface area (Å²) in [5, 5.41) is 2.87. The molecule has 2 heterocycles. The molecule has 152 valence electrons. The number of hydrogen-bond donors (Lipinski definition) is 1. The van der Waals surface area contributed by atoms with Crippen LogP contribution < -0.4 is 15.6 Å². The molecule has 1 aromatic heterocycles. The molecule has 2 aliphatic rings. The number of hydrogen-bond acceptors (Lipinski definition) is 4. The van der Waals surface area contributed by atoms with Gasteiger partial charge < -0.3 is 14.6 Å². The van der Waals surface area contributed by atoms with E-state index in [2.05, 4.69) is 5.32 Å². The smallest absolute Gasteiger partial charge is 0.250 e. The van der Waals surface area contributed by atoms with Gasteiger partial charge in [0.1, 0.15) is 5.75 Å². The minimum atomic E-state index is -0.377.